The fourth-order valence-electron chi connectivity index (χ4n) is 1.81. The van der Waals surface area contributed by atoms with Crippen molar-refractivity contribution in [1.82, 2.24) is 0 Å². The molecule has 0 aliphatic carbocycles. The second-order valence-electron chi connectivity index (χ2n) is 4.40. The van der Waals surface area contributed by atoms with Crippen LogP contribution in [0.4, 0.5) is 11.4 Å². The first-order chi connectivity index (χ1) is 9.51. The Bertz CT molecular complexity index is 656. The number of hydrogen-bond acceptors (Lipinski definition) is 3. The van der Waals surface area contributed by atoms with Gasteiger partial charge in [0.15, 0.2) is 0 Å². The lowest BCUT2D eigenvalue weighted by molar-refractivity contribution is 0.102. The fraction of sp³-hybridized carbons (Fsp3) is 0.133. The van der Waals surface area contributed by atoms with Gasteiger partial charge in [-0.3, -0.25) is 4.79 Å². The van der Waals surface area contributed by atoms with Crippen molar-refractivity contribution in [2.75, 3.05) is 18.2 Å². The predicted molar refractivity (Wildman–Crippen MR) is 84.2 cm³/mol. The number of nitrogen functional groups attached to an aromatic ring is 1. The molecule has 0 aromatic heterocycles. The van der Waals surface area contributed by atoms with Gasteiger partial charge in [0.1, 0.15) is 5.75 Å². The molecule has 2 aromatic rings. The van der Waals surface area contributed by atoms with E-state index in [1.54, 1.807) is 18.2 Å². The molecule has 0 unspecified atom stereocenters. The molecule has 0 aliphatic heterocycles. The molecule has 2 rings (SSSR count). The second-order valence-corrected chi connectivity index (χ2v) is 5.25. The first-order valence-electron chi connectivity index (χ1n) is 6.02. The van der Waals surface area contributed by atoms with E-state index in [1.165, 1.54) is 7.11 Å². The maximum atomic E-state index is 12.3. The molecule has 2 aromatic carbocycles. The van der Waals surface area contributed by atoms with Crippen LogP contribution in [-0.2, 0) is 0 Å². The van der Waals surface area contributed by atoms with E-state index < -0.39 is 0 Å². The number of amides is 1. The number of methoxy groups -OCH3 is 1. The van der Waals surface area contributed by atoms with Gasteiger partial charge in [0.25, 0.3) is 5.91 Å². The minimum Gasteiger partial charge on any atom is -0.496 e. The Kier molecular flexibility index (Phi) is 4.29. The number of halogens is 1. The first-order valence-corrected chi connectivity index (χ1v) is 6.81. The lowest BCUT2D eigenvalue weighted by Crippen LogP contribution is -2.14. The van der Waals surface area contributed by atoms with Crippen molar-refractivity contribution in [3.05, 3.63) is 52.0 Å². The number of anilines is 2. The highest BCUT2D eigenvalue weighted by Gasteiger charge is 2.14. The quantitative estimate of drug-likeness (QED) is 0.843. The van der Waals surface area contributed by atoms with E-state index >= 15 is 0 Å². The topological polar surface area (TPSA) is 64.3 Å². The molecule has 0 aliphatic rings. The first kappa shape index (κ1) is 14.4. The van der Waals surface area contributed by atoms with E-state index in [0.29, 0.717) is 22.7 Å². The number of aryl methyl sites for hydroxylation is 1. The van der Waals surface area contributed by atoms with Crippen molar-refractivity contribution < 1.29 is 9.53 Å². The zero-order valence-corrected chi connectivity index (χ0v) is 12.8. The number of hydrogen-bond donors (Lipinski definition) is 2. The van der Waals surface area contributed by atoms with Gasteiger partial charge in [0, 0.05) is 10.2 Å². The lowest BCUT2D eigenvalue weighted by atomic mass is 10.1. The summed E-state index contributed by atoms with van der Waals surface area (Å²) < 4.78 is 6.01. The molecule has 104 valence electrons. The van der Waals surface area contributed by atoms with Gasteiger partial charge in [0.2, 0.25) is 0 Å². The van der Waals surface area contributed by atoms with Crippen molar-refractivity contribution in [3.8, 4) is 5.75 Å². The van der Waals surface area contributed by atoms with Crippen LogP contribution in [0.3, 0.4) is 0 Å². The normalized spacial score (nSPS) is 10.2. The molecule has 0 saturated carbocycles. The van der Waals surface area contributed by atoms with Crippen LogP contribution in [0, 0.1) is 6.92 Å². The highest BCUT2D eigenvalue weighted by Crippen LogP contribution is 2.26. The number of rotatable bonds is 3. The molecule has 3 N–H and O–H groups in total. The summed E-state index contributed by atoms with van der Waals surface area (Å²) in [6, 6.07) is 10.7. The van der Waals surface area contributed by atoms with Crippen molar-refractivity contribution in [3.63, 3.8) is 0 Å². The van der Waals surface area contributed by atoms with Crippen molar-refractivity contribution in [2.45, 2.75) is 6.92 Å². The molecule has 0 radical (unpaired) electrons. The molecule has 0 heterocycles. The van der Waals surface area contributed by atoms with Gasteiger partial charge in [-0.2, -0.15) is 0 Å². The molecule has 20 heavy (non-hydrogen) atoms. The molecule has 0 fully saturated rings. The number of benzene rings is 2. The van der Waals surface area contributed by atoms with E-state index in [0.717, 1.165) is 10.0 Å². The minimum absolute atomic E-state index is 0.265. The average molecular weight is 335 g/mol. The highest BCUT2D eigenvalue weighted by molar-refractivity contribution is 9.10. The lowest BCUT2D eigenvalue weighted by Gasteiger charge is -2.11. The number of carbonyl (C=O) groups excluding carboxylic acids is 1. The molecule has 0 saturated heterocycles. The van der Waals surface area contributed by atoms with Gasteiger partial charge in [-0.05, 0) is 58.7 Å². The Labute approximate surface area is 126 Å². The average Bonchev–Trinajstić information content (AvgIpc) is 2.41. The van der Waals surface area contributed by atoms with Crippen LogP contribution in [0.15, 0.2) is 40.9 Å². The number of nitrogens with two attached hydrogens (primary N) is 1. The minimum atomic E-state index is -0.265. The van der Waals surface area contributed by atoms with Gasteiger partial charge in [-0.15, -0.1) is 0 Å². The monoisotopic (exact) mass is 334 g/mol. The van der Waals surface area contributed by atoms with Gasteiger partial charge in [0.05, 0.1) is 18.4 Å². The van der Waals surface area contributed by atoms with Crippen molar-refractivity contribution in [1.29, 1.82) is 0 Å². The largest absolute Gasteiger partial charge is 0.496 e. The Balaban J connectivity index is 2.30. The molecule has 5 heteroatoms. The summed E-state index contributed by atoms with van der Waals surface area (Å²) in [5.74, 6) is 0.221. The van der Waals surface area contributed by atoms with Crippen molar-refractivity contribution >= 4 is 33.2 Å². The predicted octanol–water partition coefficient (Wildman–Crippen LogP) is 3.60. The van der Waals surface area contributed by atoms with Gasteiger partial charge < -0.3 is 15.8 Å². The SMILES string of the molecule is COc1ccc(N)cc1C(=O)Nc1ccc(C)cc1Br. The summed E-state index contributed by atoms with van der Waals surface area (Å²) in [4.78, 5) is 12.3. The van der Waals surface area contributed by atoms with E-state index in [2.05, 4.69) is 21.2 Å². The number of nitrogens with one attached hydrogen (secondary N) is 1. The summed E-state index contributed by atoms with van der Waals surface area (Å²) in [5, 5.41) is 2.83. The van der Waals surface area contributed by atoms with E-state index in [1.807, 2.05) is 25.1 Å². The Hall–Kier alpha value is -2.01. The maximum Gasteiger partial charge on any atom is 0.259 e. The van der Waals surface area contributed by atoms with Crippen LogP contribution in [-0.4, -0.2) is 13.0 Å². The standard InChI is InChI=1S/C15H15BrN2O2/c1-9-3-5-13(12(16)7-9)18-15(19)11-8-10(17)4-6-14(11)20-2/h3-8H,17H2,1-2H3,(H,18,19). The molecule has 4 nitrogen and oxygen atoms in total. The number of ether oxygens (including phenoxy) is 1. The Morgan fingerprint density at radius 3 is 2.65 bits per heavy atom. The number of carbonyl (C=O) groups is 1. The zero-order chi connectivity index (χ0) is 14.7. The summed E-state index contributed by atoms with van der Waals surface area (Å²) >= 11 is 3.43. The summed E-state index contributed by atoms with van der Waals surface area (Å²) in [6.07, 6.45) is 0. The molecular formula is C15H15BrN2O2. The fourth-order valence-corrected chi connectivity index (χ4v) is 2.41. The summed E-state index contributed by atoms with van der Waals surface area (Å²) in [7, 11) is 1.52. The third kappa shape index (κ3) is 3.11. The maximum absolute atomic E-state index is 12.3. The van der Waals surface area contributed by atoms with Crippen LogP contribution >= 0.6 is 15.9 Å². The van der Waals surface area contributed by atoms with E-state index in [9.17, 15) is 4.79 Å². The third-order valence-electron chi connectivity index (χ3n) is 2.84. The highest BCUT2D eigenvalue weighted by atomic mass is 79.9. The summed E-state index contributed by atoms with van der Waals surface area (Å²) in [5.41, 5.74) is 8.44. The van der Waals surface area contributed by atoms with Crippen LogP contribution in [0.1, 0.15) is 15.9 Å². The summed E-state index contributed by atoms with van der Waals surface area (Å²) in [6.45, 7) is 1.98. The van der Waals surface area contributed by atoms with Gasteiger partial charge >= 0.3 is 0 Å². The Morgan fingerprint density at radius 2 is 2.00 bits per heavy atom. The van der Waals surface area contributed by atoms with Crippen LogP contribution in [0.5, 0.6) is 5.75 Å². The zero-order valence-electron chi connectivity index (χ0n) is 11.2. The third-order valence-corrected chi connectivity index (χ3v) is 3.50. The van der Waals surface area contributed by atoms with Gasteiger partial charge in [-0.25, -0.2) is 0 Å². The molecule has 1 amide bonds. The smallest absolute Gasteiger partial charge is 0.259 e. The van der Waals surface area contributed by atoms with Crippen LogP contribution in [0.25, 0.3) is 0 Å². The molecular weight excluding hydrogens is 320 g/mol. The van der Waals surface area contributed by atoms with Crippen LogP contribution < -0.4 is 15.8 Å². The van der Waals surface area contributed by atoms with Gasteiger partial charge in [-0.1, -0.05) is 6.07 Å². The van der Waals surface area contributed by atoms with E-state index in [4.69, 9.17) is 10.5 Å². The molecule has 0 spiro atoms. The Morgan fingerprint density at radius 1 is 1.25 bits per heavy atom. The van der Waals surface area contributed by atoms with E-state index in [-0.39, 0.29) is 5.91 Å². The van der Waals surface area contributed by atoms with Crippen molar-refractivity contribution in [2.24, 2.45) is 0 Å². The second kappa shape index (κ2) is 5.96. The van der Waals surface area contributed by atoms with Crippen LogP contribution in [0.2, 0.25) is 0 Å². The molecule has 0 atom stereocenters. The molecule has 0 bridgehead atoms.